The van der Waals surface area contributed by atoms with E-state index < -0.39 is 23.4 Å². The van der Waals surface area contributed by atoms with Crippen molar-refractivity contribution in [1.29, 1.82) is 0 Å². The number of hydrogen-bond acceptors (Lipinski definition) is 3. The maximum Gasteiger partial charge on any atom is 0.418 e. The molecular weight excluding hydrogens is 337 g/mol. The van der Waals surface area contributed by atoms with Gasteiger partial charge in [0.05, 0.1) is 24.1 Å². The molecule has 25 heavy (non-hydrogen) atoms. The molecule has 3 N–H and O–H groups in total. The fraction of sp³-hybridized carbons (Fsp3) is 0.353. The largest absolute Gasteiger partial charge is 0.466 e. The number of halogens is 3. The summed E-state index contributed by atoms with van der Waals surface area (Å²) in [5.74, 6) is 0.271. The Labute approximate surface area is 141 Å². The number of aliphatic hydroxyl groups is 1. The molecule has 5 nitrogen and oxygen atoms in total. The number of anilines is 1. The number of furan rings is 1. The lowest BCUT2D eigenvalue weighted by Gasteiger charge is -2.26. The third-order valence-electron chi connectivity index (χ3n) is 4.20. The molecular formula is C17H17F3N2O3. The minimum atomic E-state index is -4.58. The second kappa shape index (κ2) is 6.44. The molecule has 1 heterocycles. The second-order valence-corrected chi connectivity index (χ2v) is 6.03. The summed E-state index contributed by atoms with van der Waals surface area (Å²) in [6.07, 6.45) is -1.58. The van der Waals surface area contributed by atoms with E-state index in [0.717, 1.165) is 18.9 Å². The van der Waals surface area contributed by atoms with Crippen LogP contribution in [0.5, 0.6) is 0 Å². The van der Waals surface area contributed by atoms with Crippen molar-refractivity contribution in [1.82, 2.24) is 5.32 Å². The minimum Gasteiger partial charge on any atom is -0.466 e. The third kappa shape index (κ3) is 3.79. The Hall–Kier alpha value is -2.48. The van der Waals surface area contributed by atoms with E-state index in [-0.39, 0.29) is 18.2 Å². The lowest BCUT2D eigenvalue weighted by atomic mass is 9.94. The van der Waals surface area contributed by atoms with Crippen LogP contribution in [0.4, 0.5) is 23.7 Å². The van der Waals surface area contributed by atoms with Crippen molar-refractivity contribution in [3.05, 3.63) is 54.0 Å². The zero-order valence-electron chi connectivity index (χ0n) is 13.1. The van der Waals surface area contributed by atoms with Gasteiger partial charge in [0.1, 0.15) is 11.4 Å². The summed E-state index contributed by atoms with van der Waals surface area (Å²) in [6, 6.07) is 7.10. The quantitative estimate of drug-likeness (QED) is 0.766. The zero-order valence-corrected chi connectivity index (χ0v) is 13.1. The number of urea groups is 1. The van der Waals surface area contributed by atoms with Gasteiger partial charge in [0.15, 0.2) is 0 Å². The van der Waals surface area contributed by atoms with Gasteiger partial charge < -0.3 is 20.2 Å². The van der Waals surface area contributed by atoms with Gasteiger partial charge in [-0.2, -0.15) is 13.2 Å². The number of rotatable bonds is 5. The van der Waals surface area contributed by atoms with Crippen molar-refractivity contribution in [3.8, 4) is 0 Å². The van der Waals surface area contributed by atoms with E-state index in [4.69, 9.17) is 4.42 Å². The summed E-state index contributed by atoms with van der Waals surface area (Å²) in [7, 11) is 0. The molecule has 1 saturated carbocycles. The smallest absolute Gasteiger partial charge is 0.418 e. The zero-order chi connectivity index (χ0) is 18.1. The number of amides is 2. The number of carbonyl (C=O) groups excluding carboxylic acids is 1. The van der Waals surface area contributed by atoms with E-state index >= 15 is 0 Å². The van der Waals surface area contributed by atoms with Gasteiger partial charge >= 0.3 is 12.2 Å². The lowest BCUT2D eigenvalue weighted by Crippen LogP contribution is -2.43. The van der Waals surface area contributed by atoms with E-state index in [0.29, 0.717) is 5.76 Å². The molecule has 1 aromatic heterocycles. The monoisotopic (exact) mass is 354 g/mol. The first-order valence-corrected chi connectivity index (χ1v) is 7.78. The first kappa shape index (κ1) is 17.3. The molecule has 134 valence electrons. The molecule has 0 aliphatic heterocycles. The van der Waals surface area contributed by atoms with Gasteiger partial charge in [-0.05, 0) is 43.0 Å². The molecule has 2 aromatic rings. The fourth-order valence-electron chi connectivity index (χ4n) is 2.74. The Morgan fingerprint density at radius 3 is 2.52 bits per heavy atom. The van der Waals surface area contributed by atoms with E-state index in [2.05, 4.69) is 10.6 Å². The highest BCUT2D eigenvalue weighted by Crippen LogP contribution is 2.45. The molecule has 0 bridgehead atoms. The molecule has 1 fully saturated rings. The standard InChI is InChI=1S/C17H17F3N2O3/c18-17(19,20)12-4-1-2-5-13(12)22-15(23)21-10-16(24,11-7-8-11)14-6-3-9-25-14/h1-6,9,11,24H,7-8,10H2,(H2,21,22,23). The number of hydrogen-bond donors (Lipinski definition) is 3. The molecule has 1 aliphatic carbocycles. The van der Waals surface area contributed by atoms with Crippen molar-refractivity contribution in [3.63, 3.8) is 0 Å². The Morgan fingerprint density at radius 2 is 1.92 bits per heavy atom. The molecule has 1 atom stereocenters. The Kier molecular flexibility index (Phi) is 4.47. The summed E-state index contributed by atoms with van der Waals surface area (Å²) in [5, 5.41) is 15.4. The highest BCUT2D eigenvalue weighted by molar-refractivity contribution is 5.90. The number of nitrogens with one attached hydrogen (secondary N) is 2. The first-order chi connectivity index (χ1) is 11.8. The topological polar surface area (TPSA) is 74.5 Å². The molecule has 1 unspecified atom stereocenters. The van der Waals surface area contributed by atoms with E-state index in [9.17, 15) is 23.1 Å². The number of alkyl halides is 3. The van der Waals surface area contributed by atoms with Crippen LogP contribution in [0.15, 0.2) is 47.1 Å². The van der Waals surface area contributed by atoms with Crippen LogP contribution in [0, 0.1) is 5.92 Å². The normalized spacial score (nSPS) is 17.0. The highest BCUT2D eigenvalue weighted by atomic mass is 19.4. The summed E-state index contributed by atoms with van der Waals surface area (Å²) >= 11 is 0. The van der Waals surface area contributed by atoms with Crippen molar-refractivity contribution >= 4 is 11.7 Å². The Morgan fingerprint density at radius 1 is 1.20 bits per heavy atom. The van der Waals surface area contributed by atoms with Crippen LogP contribution in [0.1, 0.15) is 24.2 Å². The lowest BCUT2D eigenvalue weighted by molar-refractivity contribution is -0.136. The highest BCUT2D eigenvalue weighted by Gasteiger charge is 2.47. The maximum atomic E-state index is 12.9. The number of benzene rings is 1. The summed E-state index contributed by atoms with van der Waals surface area (Å²) in [5.41, 5.74) is -2.65. The van der Waals surface area contributed by atoms with E-state index in [1.807, 2.05) is 0 Å². The molecule has 2 amide bonds. The van der Waals surface area contributed by atoms with Gasteiger partial charge in [-0.1, -0.05) is 12.1 Å². The number of carbonyl (C=O) groups is 1. The van der Waals surface area contributed by atoms with Crippen LogP contribution in [-0.4, -0.2) is 17.7 Å². The van der Waals surface area contributed by atoms with Crippen LogP contribution in [0.25, 0.3) is 0 Å². The van der Waals surface area contributed by atoms with Gasteiger partial charge in [0, 0.05) is 0 Å². The molecule has 0 spiro atoms. The predicted molar refractivity (Wildman–Crippen MR) is 83.8 cm³/mol. The average Bonchev–Trinajstić information content (AvgIpc) is 3.27. The number of para-hydroxylation sites is 1. The summed E-state index contributed by atoms with van der Waals surface area (Å²) in [4.78, 5) is 12.0. The second-order valence-electron chi connectivity index (χ2n) is 6.03. The molecule has 0 saturated heterocycles. The average molecular weight is 354 g/mol. The van der Waals surface area contributed by atoms with Crippen molar-refractivity contribution < 1.29 is 27.5 Å². The van der Waals surface area contributed by atoms with Crippen molar-refractivity contribution in [2.24, 2.45) is 5.92 Å². The molecule has 8 heteroatoms. The van der Waals surface area contributed by atoms with Crippen LogP contribution in [-0.2, 0) is 11.8 Å². The van der Waals surface area contributed by atoms with Crippen LogP contribution < -0.4 is 10.6 Å². The fourth-order valence-corrected chi connectivity index (χ4v) is 2.74. The van der Waals surface area contributed by atoms with Crippen LogP contribution in [0.3, 0.4) is 0 Å². The maximum absolute atomic E-state index is 12.9. The van der Waals surface area contributed by atoms with Crippen LogP contribution >= 0.6 is 0 Å². The van der Waals surface area contributed by atoms with Gasteiger partial charge in [-0.3, -0.25) is 0 Å². The van der Waals surface area contributed by atoms with Gasteiger partial charge in [-0.25, -0.2) is 4.79 Å². The Bertz CT molecular complexity index is 742. The van der Waals surface area contributed by atoms with E-state index in [1.54, 1.807) is 12.1 Å². The summed E-state index contributed by atoms with van der Waals surface area (Å²) in [6.45, 7) is -0.162. The third-order valence-corrected chi connectivity index (χ3v) is 4.20. The van der Waals surface area contributed by atoms with Crippen molar-refractivity contribution in [2.75, 3.05) is 11.9 Å². The Balaban J connectivity index is 1.68. The molecule has 3 rings (SSSR count). The predicted octanol–water partition coefficient (Wildman–Crippen LogP) is 3.72. The molecule has 1 aliphatic rings. The van der Waals surface area contributed by atoms with Crippen molar-refractivity contribution in [2.45, 2.75) is 24.6 Å². The molecule has 1 aromatic carbocycles. The first-order valence-electron chi connectivity index (χ1n) is 7.78. The van der Waals surface area contributed by atoms with Gasteiger partial charge in [0.25, 0.3) is 0 Å². The summed E-state index contributed by atoms with van der Waals surface area (Å²) < 4.78 is 44.1. The van der Waals surface area contributed by atoms with E-state index in [1.165, 1.54) is 24.5 Å². The van der Waals surface area contributed by atoms with Gasteiger partial charge in [-0.15, -0.1) is 0 Å². The minimum absolute atomic E-state index is 0.0542. The van der Waals surface area contributed by atoms with Crippen LogP contribution in [0.2, 0.25) is 0 Å². The van der Waals surface area contributed by atoms with Gasteiger partial charge in [0.2, 0.25) is 0 Å². The SMILES string of the molecule is O=C(NCC(O)(c1ccco1)C1CC1)Nc1ccccc1C(F)(F)F. The molecule has 0 radical (unpaired) electrons.